The number of piperazine rings is 1. The number of anilines is 1. The summed E-state index contributed by atoms with van der Waals surface area (Å²) < 4.78 is 0.843. The first-order chi connectivity index (χ1) is 13.1. The number of aromatic nitrogens is 2. The minimum atomic E-state index is -0.0416. The lowest BCUT2D eigenvalue weighted by atomic mass is 10.2. The first-order valence-corrected chi connectivity index (χ1v) is 10.5. The number of benzene rings is 1. The van der Waals surface area contributed by atoms with Crippen molar-refractivity contribution < 1.29 is 4.79 Å². The van der Waals surface area contributed by atoms with Crippen LogP contribution >= 0.6 is 38.9 Å². The lowest BCUT2D eigenvalue weighted by molar-refractivity contribution is 0.0746. The van der Waals surface area contributed by atoms with E-state index >= 15 is 0 Å². The Kier molecular flexibility index (Phi) is 5.43. The van der Waals surface area contributed by atoms with E-state index in [0.717, 1.165) is 20.9 Å². The van der Waals surface area contributed by atoms with Gasteiger partial charge in [0.25, 0.3) is 5.91 Å². The summed E-state index contributed by atoms with van der Waals surface area (Å²) in [6.45, 7) is 2.67. The second-order valence-corrected chi connectivity index (χ2v) is 8.43. The number of halogens is 2. The van der Waals surface area contributed by atoms with E-state index in [9.17, 15) is 4.79 Å². The summed E-state index contributed by atoms with van der Waals surface area (Å²) in [7, 11) is 0. The van der Waals surface area contributed by atoms with Gasteiger partial charge in [-0.05, 0) is 41.8 Å². The Hall–Kier alpha value is -1.96. The lowest BCUT2D eigenvalue weighted by Gasteiger charge is -2.35. The molecular weight excluding hydrogens is 448 g/mol. The maximum Gasteiger partial charge on any atom is 0.255 e. The van der Waals surface area contributed by atoms with E-state index in [1.54, 1.807) is 23.5 Å². The molecule has 0 saturated carbocycles. The fourth-order valence-corrected chi connectivity index (χ4v) is 4.27. The molecule has 0 spiro atoms. The molecule has 1 fully saturated rings. The van der Waals surface area contributed by atoms with Crippen LogP contribution in [-0.2, 0) is 0 Å². The number of nitrogens with zero attached hydrogens (tertiary/aromatic N) is 4. The molecule has 0 unspecified atom stereocenters. The van der Waals surface area contributed by atoms with Crippen LogP contribution in [0.25, 0.3) is 10.6 Å². The third-order valence-corrected chi connectivity index (χ3v) is 6.19. The Morgan fingerprint density at radius 2 is 1.89 bits per heavy atom. The van der Waals surface area contributed by atoms with Crippen molar-refractivity contribution in [3.05, 3.63) is 62.9 Å². The van der Waals surface area contributed by atoms with Gasteiger partial charge in [0.05, 0.1) is 15.5 Å². The molecule has 1 amide bonds. The highest BCUT2D eigenvalue weighted by Gasteiger charge is 2.24. The molecule has 138 valence electrons. The van der Waals surface area contributed by atoms with E-state index in [2.05, 4.69) is 31.0 Å². The Morgan fingerprint density at radius 1 is 1.07 bits per heavy atom. The largest absolute Gasteiger partial charge is 0.352 e. The molecule has 1 saturated heterocycles. The first-order valence-electron chi connectivity index (χ1n) is 8.49. The molecular formula is C19H16BrClN4OS. The number of hydrogen-bond donors (Lipinski definition) is 0. The van der Waals surface area contributed by atoms with Crippen LogP contribution in [0.15, 0.2) is 52.3 Å². The van der Waals surface area contributed by atoms with Crippen molar-refractivity contribution in [1.29, 1.82) is 0 Å². The van der Waals surface area contributed by atoms with Crippen molar-refractivity contribution in [3.63, 3.8) is 0 Å². The second kappa shape index (κ2) is 7.96. The van der Waals surface area contributed by atoms with E-state index in [0.29, 0.717) is 36.8 Å². The highest BCUT2D eigenvalue weighted by molar-refractivity contribution is 9.10. The van der Waals surface area contributed by atoms with Gasteiger partial charge in [-0.2, -0.15) is 0 Å². The third kappa shape index (κ3) is 4.00. The van der Waals surface area contributed by atoms with Crippen LogP contribution in [-0.4, -0.2) is 47.2 Å². The molecule has 5 nitrogen and oxygen atoms in total. The minimum absolute atomic E-state index is 0.0416. The van der Waals surface area contributed by atoms with Crippen LogP contribution in [0.4, 0.5) is 5.82 Å². The standard InChI is InChI=1S/C19H16BrClN4OS/c20-13-3-4-15(21)14(12-13)19(26)25-9-7-24(8-10-25)18-6-5-16(22-23-18)17-2-1-11-27-17/h1-6,11-12H,7-10H2. The van der Waals surface area contributed by atoms with Crippen molar-refractivity contribution in [2.45, 2.75) is 0 Å². The fourth-order valence-electron chi connectivity index (χ4n) is 3.02. The lowest BCUT2D eigenvalue weighted by Crippen LogP contribution is -2.49. The van der Waals surface area contributed by atoms with Crippen LogP contribution in [0.3, 0.4) is 0 Å². The van der Waals surface area contributed by atoms with Gasteiger partial charge in [-0.25, -0.2) is 0 Å². The molecule has 0 N–H and O–H groups in total. The van der Waals surface area contributed by atoms with Gasteiger partial charge in [0.2, 0.25) is 0 Å². The van der Waals surface area contributed by atoms with Gasteiger partial charge in [-0.1, -0.05) is 33.6 Å². The Balaban J connectivity index is 1.41. The molecule has 0 aliphatic carbocycles. The van der Waals surface area contributed by atoms with Gasteiger partial charge < -0.3 is 9.80 Å². The molecule has 1 aromatic carbocycles. The molecule has 0 bridgehead atoms. The van der Waals surface area contributed by atoms with E-state index in [1.165, 1.54) is 0 Å². The second-order valence-electron chi connectivity index (χ2n) is 6.16. The van der Waals surface area contributed by atoms with Crippen LogP contribution in [0.2, 0.25) is 5.02 Å². The number of hydrogen-bond acceptors (Lipinski definition) is 5. The highest BCUT2D eigenvalue weighted by atomic mass is 79.9. The van der Waals surface area contributed by atoms with Gasteiger partial charge >= 0.3 is 0 Å². The number of rotatable bonds is 3. The molecule has 3 aromatic rings. The predicted molar refractivity (Wildman–Crippen MR) is 113 cm³/mol. The van der Waals surface area contributed by atoms with E-state index in [1.807, 2.05) is 40.6 Å². The monoisotopic (exact) mass is 462 g/mol. The van der Waals surface area contributed by atoms with Crippen molar-refractivity contribution in [1.82, 2.24) is 15.1 Å². The maximum atomic E-state index is 12.8. The summed E-state index contributed by atoms with van der Waals surface area (Å²) in [4.78, 5) is 17.9. The van der Waals surface area contributed by atoms with Gasteiger partial charge in [0.15, 0.2) is 5.82 Å². The van der Waals surface area contributed by atoms with Crippen molar-refractivity contribution in [3.8, 4) is 10.6 Å². The van der Waals surface area contributed by atoms with Gasteiger partial charge in [0.1, 0.15) is 5.69 Å². The molecule has 0 radical (unpaired) electrons. The summed E-state index contributed by atoms with van der Waals surface area (Å²) in [5.41, 5.74) is 1.41. The Labute approximate surface area is 174 Å². The molecule has 1 aliphatic rings. The number of thiophene rings is 1. The zero-order chi connectivity index (χ0) is 18.8. The van der Waals surface area contributed by atoms with E-state index in [-0.39, 0.29) is 5.91 Å². The summed E-state index contributed by atoms with van der Waals surface area (Å²) in [6, 6.07) is 13.4. The molecule has 1 aliphatic heterocycles. The minimum Gasteiger partial charge on any atom is -0.352 e. The topological polar surface area (TPSA) is 49.3 Å². The van der Waals surface area contributed by atoms with Gasteiger partial charge in [0, 0.05) is 30.7 Å². The number of amides is 1. The van der Waals surface area contributed by atoms with Crippen LogP contribution in [0, 0.1) is 0 Å². The highest BCUT2D eigenvalue weighted by Crippen LogP contribution is 2.25. The van der Waals surface area contributed by atoms with Crippen molar-refractivity contribution in [2.75, 3.05) is 31.1 Å². The first kappa shape index (κ1) is 18.4. The molecule has 27 heavy (non-hydrogen) atoms. The predicted octanol–water partition coefficient (Wildman–Crippen LogP) is 4.58. The fraction of sp³-hybridized carbons (Fsp3) is 0.211. The number of carbonyl (C=O) groups excluding carboxylic acids is 1. The molecule has 4 rings (SSSR count). The average molecular weight is 464 g/mol. The van der Waals surface area contributed by atoms with Crippen LogP contribution < -0.4 is 4.90 Å². The SMILES string of the molecule is O=C(c1cc(Br)ccc1Cl)N1CCN(c2ccc(-c3cccs3)nn2)CC1. The molecule has 2 aromatic heterocycles. The zero-order valence-corrected chi connectivity index (χ0v) is 17.5. The zero-order valence-electron chi connectivity index (χ0n) is 14.3. The van der Waals surface area contributed by atoms with Gasteiger partial charge in [-0.3, -0.25) is 4.79 Å². The summed E-state index contributed by atoms with van der Waals surface area (Å²) in [5.74, 6) is 0.794. The smallest absolute Gasteiger partial charge is 0.255 e. The Bertz CT molecular complexity index is 941. The van der Waals surface area contributed by atoms with Crippen molar-refractivity contribution >= 4 is 50.6 Å². The molecule has 0 atom stereocenters. The van der Waals surface area contributed by atoms with Crippen molar-refractivity contribution in [2.24, 2.45) is 0 Å². The van der Waals surface area contributed by atoms with Crippen LogP contribution in [0.1, 0.15) is 10.4 Å². The normalized spacial score (nSPS) is 14.4. The number of carbonyl (C=O) groups is 1. The quantitative estimate of drug-likeness (QED) is 0.570. The maximum absolute atomic E-state index is 12.8. The average Bonchev–Trinajstić information content (AvgIpc) is 3.24. The third-order valence-electron chi connectivity index (χ3n) is 4.47. The van der Waals surface area contributed by atoms with E-state index < -0.39 is 0 Å². The summed E-state index contributed by atoms with van der Waals surface area (Å²) >= 11 is 11.2. The van der Waals surface area contributed by atoms with E-state index in [4.69, 9.17) is 11.6 Å². The van der Waals surface area contributed by atoms with Crippen LogP contribution in [0.5, 0.6) is 0 Å². The summed E-state index contributed by atoms with van der Waals surface area (Å²) in [5, 5.41) is 11.2. The summed E-state index contributed by atoms with van der Waals surface area (Å²) in [6.07, 6.45) is 0. The Morgan fingerprint density at radius 3 is 2.56 bits per heavy atom. The molecule has 3 heterocycles. The molecule has 8 heteroatoms. The van der Waals surface area contributed by atoms with Gasteiger partial charge in [-0.15, -0.1) is 21.5 Å².